The molecule has 0 N–H and O–H groups in total. The van der Waals surface area contributed by atoms with Crippen LogP contribution in [0.3, 0.4) is 0 Å². The van der Waals surface area contributed by atoms with Gasteiger partial charge < -0.3 is 4.74 Å². The van der Waals surface area contributed by atoms with Crippen LogP contribution in [0.1, 0.15) is 316 Å². The molecule has 0 rings (SSSR count). The maximum atomic E-state index is 12.1. The van der Waals surface area contributed by atoms with E-state index in [0.29, 0.717) is 13.0 Å². The lowest BCUT2D eigenvalue weighted by molar-refractivity contribution is -0.143. The lowest BCUT2D eigenvalue weighted by atomic mass is 10.0. The molecule has 0 amide bonds. The topological polar surface area (TPSA) is 26.3 Å². The fourth-order valence-electron chi connectivity index (χ4n) is 8.25. The number of ether oxygens (including phenoxy) is 1. The van der Waals surface area contributed by atoms with Crippen molar-refractivity contribution in [2.24, 2.45) is 0 Å². The molecule has 0 aromatic carbocycles. The molecule has 0 atom stereocenters. The highest BCUT2D eigenvalue weighted by atomic mass is 16.5. The van der Waals surface area contributed by atoms with Crippen LogP contribution in [-0.2, 0) is 9.53 Å². The van der Waals surface area contributed by atoms with Gasteiger partial charge in [0.25, 0.3) is 0 Å². The normalized spacial score (nSPS) is 11.7. The molecule has 0 saturated carbocycles. The van der Waals surface area contributed by atoms with Gasteiger partial charge in [-0.3, -0.25) is 4.79 Å². The number of allylic oxidation sites excluding steroid dienone is 2. The first-order valence-corrected chi connectivity index (χ1v) is 26.1. The third-order valence-corrected chi connectivity index (χ3v) is 12.2. The van der Waals surface area contributed by atoms with E-state index in [1.54, 1.807) is 0 Å². The quantitative estimate of drug-likeness (QED) is 0.0350. The summed E-state index contributed by atoms with van der Waals surface area (Å²) in [5.74, 6) is 0.0307. The first kappa shape index (κ1) is 54.2. The summed E-state index contributed by atoms with van der Waals surface area (Å²) in [6.45, 7) is 5.23. The second-order valence-electron chi connectivity index (χ2n) is 17.9. The third kappa shape index (κ3) is 51.2. The summed E-state index contributed by atoms with van der Waals surface area (Å²) in [4.78, 5) is 12.1. The van der Waals surface area contributed by atoms with Crippen LogP contribution in [0.15, 0.2) is 12.2 Å². The van der Waals surface area contributed by atoms with E-state index in [2.05, 4.69) is 26.0 Å². The van der Waals surface area contributed by atoms with Gasteiger partial charge in [-0.15, -0.1) is 0 Å². The van der Waals surface area contributed by atoms with E-state index in [-0.39, 0.29) is 5.97 Å². The van der Waals surface area contributed by atoms with E-state index in [4.69, 9.17) is 4.74 Å². The van der Waals surface area contributed by atoms with Crippen LogP contribution in [0, 0.1) is 0 Å². The van der Waals surface area contributed by atoms with Gasteiger partial charge in [0.1, 0.15) is 0 Å². The molecular weight excluding hydrogens is 669 g/mol. The maximum Gasteiger partial charge on any atom is 0.305 e. The Morgan fingerprint density at radius 2 is 0.509 bits per heavy atom. The second kappa shape index (κ2) is 51.2. The van der Waals surface area contributed by atoms with Crippen molar-refractivity contribution in [1.29, 1.82) is 0 Å². The minimum Gasteiger partial charge on any atom is -0.466 e. The van der Waals surface area contributed by atoms with Gasteiger partial charge >= 0.3 is 5.97 Å². The number of hydrogen-bond donors (Lipinski definition) is 0. The Labute approximate surface area is 348 Å². The van der Waals surface area contributed by atoms with Gasteiger partial charge in [-0.2, -0.15) is 0 Å². The van der Waals surface area contributed by atoms with Crippen LogP contribution < -0.4 is 0 Å². The average molecular weight is 773 g/mol. The Bertz CT molecular complexity index is 713. The zero-order valence-corrected chi connectivity index (χ0v) is 38.4. The largest absolute Gasteiger partial charge is 0.466 e. The summed E-state index contributed by atoms with van der Waals surface area (Å²) in [6, 6.07) is 0. The molecular formula is C53H104O2. The Balaban J connectivity index is 3.16. The zero-order chi connectivity index (χ0) is 39.6. The number of esters is 1. The lowest BCUT2D eigenvalue weighted by Crippen LogP contribution is -2.05. The average Bonchev–Trinajstić information content (AvgIpc) is 3.19. The number of unbranched alkanes of at least 4 members (excludes halogenated alkanes) is 43. The molecule has 55 heavy (non-hydrogen) atoms. The number of carbonyl (C=O) groups excluding carboxylic acids is 1. The summed E-state index contributed by atoms with van der Waals surface area (Å²) in [6.07, 6.45) is 69.3. The second-order valence-corrected chi connectivity index (χ2v) is 17.9. The van der Waals surface area contributed by atoms with Crippen LogP contribution in [0.25, 0.3) is 0 Å². The van der Waals surface area contributed by atoms with Crippen LogP contribution in [0.2, 0.25) is 0 Å². The molecule has 0 unspecified atom stereocenters. The van der Waals surface area contributed by atoms with Gasteiger partial charge in [0.2, 0.25) is 0 Å². The first-order valence-electron chi connectivity index (χ1n) is 26.1. The van der Waals surface area contributed by atoms with Gasteiger partial charge in [0, 0.05) is 6.42 Å². The molecule has 0 heterocycles. The number of hydrogen-bond acceptors (Lipinski definition) is 2. The fraction of sp³-hybridized carbons (Fsp3) is 0.943. The molecule has 0 saturated heterocycles. The molecule has 328 valence electrons. The van der Waals surface area contributed by atoms with Crippen molar-refractivity contribution >= 4 is 5.97 Å². The van der Waals surface area contributed by atoms with Crippen LogP contribution in [0.5, 0.6) is 0 Å². The molecule has 0 fully saturated rings. The summed E-state index contributed by atoms with van der Waals surface area (Å²) in [5.41, 5.74) is 0. The summed E-state index contributed by atoms with van der Waals surface area (Å²) >= 11 is 0. The Morgan fingerprint density at radius 1 is 0.291 bits per heavy atom. The van der Waals surface area contributed by atoms with E-state index < -0.39 is 0 Å². The molecule has 0 aliphatic heterocycles. The van der Waals surface area contributed by atoms with Crippen LogP contribution >= 0.6 is 0 Å². The number of carbonyl (C=O) groups is 1. The third-order valence-electron chi connectivity index (χ3n) is 12.2. The minimum absolute atomic E-state index is 0.0307. The van der Waals surface area contributed by atoms with E-state index in [0.717, 1.165) is 12.8 Å². The smallest absolute Gasteiger partial charge is 0.305 e. The first-order chi connectivity index (χ1) is 27.3. The van der Waals surface area contributed by atoms with Crippen LogP contribution in [-0.4, -0.2) is 12.6 Å². The monoisotopic (exact) mass is 773 g/mol. The predicted octanol–water partition coefficient (Wildman–Crippen LogP) is 19.5. The Kier molecular flexibility index (Phi) is 50.5. The summed E-state index contributed by atoms with van der Waals surface area (Å²) < 4.78 is 5.50. The van der Waals surface area contributed by atoms with Crippen LogP contribution in [0.4, 0.5) is 0 Å². The van der Waals surface area contributed by atoms with Gasteiger partial charge in [0.05, 0.1) is 6.61 Å². The van der Waals surface area contributed by atoms with Gasteiger partial charge in [-0.05, 0) is 38.5 Å². The molecule has 0 aliphatic rings. The SMILES string of the molecule is CCCCCCCC/C=C\CCCCCCCCCCCCOC(=O)CCCCCCCCCCCCCCCCCCCCCCCCCCCCCC. The van der Waals surface area contributed by atoms with E-state index in [9.17, 15) is 4.79 Å². The van der Waals surface area contributed by atoms with Gasteiger partial charge in [-0.1, -0.05) is 283 Å². The van der Waals surface area contributed by atoms with Crippen molar-refractivity contribution in [3.8, 4) is 0 Å². The lowest BCUT2D eigenvalue weighted by Gasteiger charge is -2.06. The highest BCUT2D eigenvalue weighted by Crippen LogP contribution is 2.17. The van der Waals surface area contributed by atoms with Gasteiger partial charge in [-0.25, -0.2) is 0 Å². The van der Waals surface area contributed by atoms with E-state index in [1.807, 2.05) is 0 Å². The van der Waals surface area contributed by atoms with Crippen molar-refractivity contribution in [2.75, 3.05) is 6.61 Å². The van der Waals surface area contributed by atoms with Crippen molar-refractivity contribution in [3.05, 3.63) is 12.2 Å². The molecule has 0 aliphatic carbocycles. The Morgan fingerprint density at radius 3 is 0.782 bits per heavy atom. The Hall–Kier alpha value is -0.790. The fourth-order valence-corrected chi connectivity index (χ4v) is 8.25. The summed E-state index contributed by atoms with van der Waals surface area (Å²) in [7, 11) is 0. The van der Waals surface area contributed by atoms with Crippen molar-refractivity contribution in [1.82, 2.24) is 0 Å². The molecule has 2 heteroatoms. The van der Waals surface area contributed by atoms with E-state index in [1.165, 1.54) is 283 Å². The van der Waals surface area contributed by atoms with Gasteiger partial charge in [0.15, 0.2) is 0 Å². The molecule has 0 spiro atoms. The van der Waals surface area contributed by atoms with E-state index >= 15 is 0 Å². The molecule has 2 nitrogen and oxygen atoms in total. The maximum absolute atomic E-state index is 12.1. The molecule has 0 aromatic rings. The zero-order valence-electron chi connectivity index (χ0n) is 38.4. The molecule has 0 radical (unpaired) electrons. The van der Waals surface area contributed by atoms with Crippen molar-refractivity contribution in [3.63, 3.8) is 0 Å². The molecule has 0 aromatic heterocycles. The van der Waals surface area contributed by atoms with Crippen molar-refractivity contribution < 1.29 is 9.53 Å². The number of rotatable bonds is 49. The minimum atomic E-state index is 0.0307. The molecule has 0 bridgehead atoms. The highest BCUT2D eigenvalue weighted by Gasteiger charge is 2.03. The standard InChI is InChI=1S/C53H104O2/c1-3-5-7-9-11-13-15-17-19-21-23-25-26-27-28-29-30-31-32-33-35-37-39-41-43-45-47-49-51-53(54)55-52-50-48-46-44-42-40-38-36-34-24-22-20-18-16-14-12-10-8-6-4-2/h18,20H,3-17,19,21-52H2,1-2H3/b20-18-. The predicted molar refractivity (Wildman–Crippen MR) is 248 cm³/mol. The summed E-state index contributed by atoms with van der Waals surface area (Å²) in [5, 5.41) is 0. The highest BCUT2D eigenvalue weighted by molar-refractivity contribution is 5.69. The van der Waals surface area contributed by atoms with Crippen molar-refractivity contribution in [2.45, 2.75) is 316 Å².